The Morgan fingerprint density at radius 3 is 2.65 bits per heavy atom. The van der Waals surface area contributed by atoms with Gasteiger partial charge in [0.15, 0.2) is 0 Å². The summed E-state index contributed by atoms with van der Waals surface area (Å²) in [7, 11) is 0. The second-order valence-electron chi connectivity index (χ2n) is 4.11. The summed E-state index contributed by atoms with van der Waals surface area (Å²) in [6.45, 7) is 3.25. The van der Waals surface area contributed by atoms with Crippen molar-refractivity contribution < 1.29 is 5.11 Å². The Bertz CT molecular complexity index is 450. The fourth-order valence-corrected chi connectivity index (χ4v) is 2.62. The van der Waals surface area contributed by atoms with Gasteiger partial charge >= 0.3 is 0 Å². The topological polar surface area (TPSA) is 32.3 Å². The van der Waals surface area contributed by atoms with Crippen LogP contribution in [0.1, 0.15) is 11.8 Å². The number of benzene rings is 1. The van der Waals surface area contributed by atoms with Gasteiger partial charge in [0, 0.05) is 22.8 Å². The first kappa shape index (κ1) is 12.3. The molecule has 90 valence electrons. The third-order valence-electron chi connectivity index (χ3n) is 2.46. The van der Waals surface area contributed by atoms with Gasteiger partial charge < -0.3 is 10.4 Å². The maximum Gasteiger partial charge on any atom is 0.0636 e. The van der Waals surface area contributed by atoms with E-state index in [1.165, 1.54) is 15.3 Å². The van der Waals surface area contributed by atoms with E-state index >= 15 is 0 Å². The molecule has 2 nitrogen and oxygen atoms in total. The maximum atomic E-state index is 9.15. The molecule has 0 fully saturated rings. The van der Waals surface area contributed by atoms with E-state index < -0.39 is 0 Å². The van der Waals surface area contributed by atoms with Crippen LogP contribution in [0.5, 0.6) is 0 Å². The minimum Gasteiger partial charge on any atom is -0.392 e. The molecule has 0 spiro atoms. The first-order valence-electron chi connectivity index (χ1n) is 5.78. The van der Waals surface area contributed by atoms with Crippen molar-refractivity contribution in [1.29, 1.82) is 0 Å². The van der Waals surface area contributed by atoms with E-state index in [9.17, 15) is 0 Å². The Hall–Kier alpha value is -1.16. The molecule has 0 amide bonds. The highest BCUT2D eigenvalue weighted by Crippen LogP contribution is 2.27. The van der Waals surface area contributed by atoms with E-state index in [2.05, 4.69) is 41.7 Å². The van der Waals surface area contributed by atoms with Crippen molar-refractivity contribution in [2.45, 2.75) is 19.6 Å². The lowest BCUT2D eigenvalue weighted by atomic mass is 10.2. The van der Waals surface area contributed by atoms with Crippen LogP contribution in [0.3, 0.4) is 0 Å². The van der Waals surface area contributed by atoms with E-state index in [0.29, 0.717) is 6.54 Å². The summed E-state index contributed by atoms with van der Waals surface area (Å²) in [5.74, 6) is 0. The van der Waals surface area contributed by atoms with Gasteiger partial charge in [0.05, 0.1) is 6.10 Å². The minimum atomic E-state index is -0.288. The molecule has 2 N–H and O–H groups in total. The van der Waals surface area contributed by atoms with E-state index in [-0.39, 0.29) is 6.10 Å². The van der Waals surface area contributed by atoms with E-state index in [1.807, 2.05) is 6.07 Å². The van der Waals surface area contributed by atoms with Crippen molar-refractivity contribution in [3.8, 4) is 10.4 Å². The summed E-state index contributed by atoms with van der Waals surface area (Å²) in [5.41, 5.74) is 1.26. The zero-order valence-electron chi connectivity index (χ0n) is 9.89. The van der Waals surface area contributed by atoms with Crippen molar-refractivity contribution in [2.24, 2.45) is 0 Å². The molecule has 0 aliphatic carbocycles. The Balaban J connectivity index is 1.97. The number of thiophene rings is 1. The molecule has 2 rings (SSSR count). The molecule has 0 saturated carbocycles. The van der Waals surface area contributed by atoms with Crippen LogP contribution in [0.4, 0.5) is 0 Å². The van der Waals surface area contributed by atoms with Crippen molar-refractivity contribution in [3.05, 3.63) is 47.3 Å². The van der Waals surface area contributed by atoms with Crippen LogP contribution in [0.2, 0.25) is 0 Å². The van der Waals surface area contributed by atoms with Gasteiger partial charge in [-0.2, -0.15) is 0 Å². The average Bonchev–Trinajstić information content (AvgIpc) is 2.78. The zero-order valence-corrected chi connectivity index (χ0v) is 10.7. The number of rotatable bonds is 5. The second-order valence-corrected chi connectivity index (χ2v) is 5.28. The van der Waals surface area contributed by atoms with Gasteiger partial charge in [-0.3, -0.25) is 0 Å². The molecule has 1 unspecified atom stereocenters. The molecule has 1 heterocycles. The predicted octanol–water partition coefficient (Wildman–Crippen LogP) is 2.89. The highest BCUT2D eigenvalue weighted by atomic mass is 32.1. The monoisotopic (exact) mass is 247 g/mol. The third-order valence-corrected chi connectivity index (χ3v) is 3.59. The Morgan fingerprint density at radius 1 is 1.18 bits per heavy atom. The molecule has 0 radical (unpaired) electrons. The van der Waals surface area contributed by atoms with Crippen LogP contribution in [-0.4, -0.2) is 17.8 Å². The van der Waals surface area contributed by atoms with Gasteiger partial charge in [-0.1, -0.05) is 30.3 Å². The van der Waals surface area contributed by atoms with Crippen LogP contribution in [0.25, 0.3) is 10.4 Å². The second kappa shape index (κ2) is 5.96. The molecule has 0 aliphatic heterocycles. The third kappa shape index (κ3) is 3.66. The number of hydrogen-bond acceptors (Lipinski definition) is 3. The highest BCUT2D eigenvalue weighted by Gasteiger charge is 2.02. The van der Waals surface area contributed by atoms with Crippen LogP contribution < -0.4 is 5.32 Å². The summed E-state index contributed by atoms with van der Waals surface area (Å²) in [6, 6.07) is 14.7. The standard InChI is InChI=1S/C14H17NOS/c1-11(16)9-15-10-13-7-8-14(17-13)12-5-3-2-4-6-12/h2-8,11,15-16H,9-10H2,1H3. The van der Waals surface area contributed by atoms with E-state index in [4.69, 9.17) is 5.11 Å². The molecular formula is C14H17NOS. The molecule has 17 heavy (non-hydrogen) atoms. The van der Waals surface area contributed by atoms with Gasteiger partial charge in [0.1, 0.15) is 0 Å². The molecule has 0 bridgehead atoms. The lowest BCUT2D eigenvalue weighted by Gasteiger charge is -2.04. The van der Waals surface area contributed by atoms with Crippen LogP contribution in [0.15, 0.2) is 42.5 Å². The van der Waals surface area contributed by atoms with E-state index in [1.54, 1.807) is 18.3 Å². The summed E-state index contributed by atoms with van der Waals surface area (Å²) < 4.78 is 0. The number of hydrogen-bond donors (Lipinski definition) is 2. The van der Waals surface area contributed by atoms with Gasteiger partial charge in [0.2, 0.25) is 0 Å². The number of aliphatic hydroxyl groups is 1. The van der Waals surface area contributed by atoms with E-state index in [0.717, 1.165) is 6.54 Å². The van der Waals surface area contributed by atoms with Gasteiger partial charge in [-0.15, -0.1) is 11.3 Å². The maximum absolute atomic E-state index is 9.15. The highest BCUT2D eigenvalue weighted by molar-refractivity contribution is 7.15. The quantitative estimate of drug-likeness (QED) is 0.851. The molecule has 0 saturated heterocycles. The van der Waals surface area contributed by atoms with Crippen LogP contribution >= 0.6 is 11.3 Å². The largest absolute Gasteiger partial charge is 0.392 e. The molecule has 1 aromatic heterocycles. The van der Waals surface area contributed by atoms with Crippen molar-refractivity contribution in [2.75, 3.05) is 6.54 Å². The molecule has 3 heteroatoms. The summed E-state index contributed by atoms with van der Waals surface area (Å²) in [4.78, 5) is 2.59. The zero-order chi connectivity index (χ0) is 12.1. The Labute approximate surface area is 106 Å². The lowest BCUT2D eigenvalue weighted by Crippen LogP contribution is -2.23. The SMILES string of the molecule is CC(O)CNCc1ccc(-c2ccccc2)s1. The lowest BCUT2D eigenvalue weighted by molar-refractivity contribution is 0.191. The summed E-state index contributed by atoms with van der Waals surface area (Å²) >= 11 is 1.79. The fourth-order valence-electron chi connectivity index (χ4n) is 1.63. The Morgan fingerprint density at radius 2 is 1.94 bits per heavy atom. The van der Waals surface area contributed by atoms with Gasteiger partial charge in [0.25, 0.3) is 0 Å². The van der Waals surface area contributed by atoms with Crippen molar-refractivity contribution in [3.63, 3.8) is 0 Å². The number of aliphatic hydroxyl groups excluding tert-OH is 1. The summed E-state index contributed by atoms with van der Waals surface area (Å²) in [6.07, 6.45) is -0.288. The first-order chi connectivity index (χ1) is 8.25. The molecule has 2 aromatic rings. The molecule has 1 atom stereocenters. The van der Waals surface area contributed by atoms with Crippen molar-refractivity contribution in [1.82, 2.24) is 5.32 Å². The average molecular weight is 247 g/mol. The van der Waals surface area contributed by atoms with Gasteiger partial charge in [-0.25, -0.2) is 0 Å². The minimum absolute atomic E-state index is 0.288. The predicted molar refractivity (Wildman–Crippen MR) is 73.1 cm³/mol. The van der Waals surface area contributed by atoms with Gasteiger partial charge in [-0.05, 0) is 24.6 Å². The van der Waals surface area contributed by atoms with Crippen LogP contribution in [-0.2, 0) is 6.54 Å². The Kier molecular flexibility index (Phi) is 4.31. The number of nitrogens with one attached hydrogen (secondary N) is 1. The smallest absolute Gasteiger partial charge is 0.0636 e. The fraction of sp³-hybridized carbons (Fsp3) is 0.286. The normalized spacial score (nSPS) is 12.6. The molecule has 1 aromatic carbocycles. The first-order valence-corrected chi connectivity index (χ1v) is 6.60. The summed E-state index contributed by atoms with van der Waals surface area (Å²) in [5, 5.41) is 12.4. The molecule has 0 aliphatic rings. The van der Waals surface area contributed by atoms with Crippen LogP contribution in [0, 0.1) is 0 Å². The van der Waals surface area contributed by atoms with Crippen molar-refractivity contribution >= 4 is 11.3 Å². The molecular weight excluding hydrogens is 230 g/mol.